The van der Waals surface area contributed by atoms with Crippen LogP contribution in [-0.4, -0.2) is 45.2 Å². The van der Waals surface area contributed by atoms with E-state index in [0.29, 0.717) is 12.0 Å². The molecule has 2 heterocycles. The third kappa shape index (κ3) is 3.11. The number of piperidine rings is 1. The van der Waals surface area contributed by atoms with Crippen molar-refractivity contribution in [1.29, 1.82) is 0 Å². The minimum absolute atomic E-state index is 0.138. The molecule has 2 fully saturated rings. The summed E-state index contributed by atoms with van der Waals surface area (Å²) in [5.74, 6) is -1.29. The second-order valence-electron chi connectivity index (χ2n) is 6.15. The summed E-state index contributed by atoms with van der Waals surface area (Å²) < 4.78 is 30.0. The zero-order valence-electron chi connectivity index (χ0n) is 13.3. The lowest BCUT2D eigenvalue weighted by Gasteiger charge is -2.37. The molecule has 5 atom stereocenters. The third-order valence-corrected chi connectivity index (χ3v) is 4.88. The first-order chi connectivity index (χ1) is 11.2. The van der Waals surface area contributed by atoms with Crippen LogP contribution in [0.5, 0.6) is 0 Å². The molecule has 6 heteroatoms. The number of hydrogen-bond acceptors (Lipinski definition) is 5. The highest BCUT2D eigenvalue weighted by Crippen LogP contribution is 2.43. The van der Waals surface area contributed by atoms with Crippen LogP contribution in [0, 0.1) is 11.7 Å². The van der Waals surface area contributed by atoms with E-state index in [1.54, 1.807) is 25.3 Å². The van der Waals surface area contributed by atoms with Gasteiger partial charge >= 0.3 is 5.97 Å². The van der Waals surface area contributed by atoms with Gasteiger partial charge in [-0.1, -0.05) is 18.2 Å². The Labute approximate surface area is 135 Å². The van der Waals surface area contributed by atoms with Crippen molar-refractivity contribution in [2.75, 3.05) is 21.0 Å². The Morgan fingerprint density at radius 2 is 2.09 bits per heavy atom. The first-order valence-electron chi connectivity index (χ1n) is 7.84. The van der Waals surface area contributed by atoms with Gasteiger partial charge in [-0.25, -0.2) is 4.39 Å². The van der Waals surface area contributed by atoms with Gasteiger partial charge in [0.05, 0.1) is 19.1 Å². The lowest BCUT2D eigenvalue weighted by molar-refractivity contribution is -0.151. The average molecular weight is 323 g/mol. The van der Waals surface area contributed by atoms with Gasteiger partial charge in [0.2, 0.25) is 0 Å². The Hall–Kier alpha value is -1.50. The molecular weight excluding hydrogens is 301 g/mol. The van der Waals surface area contributed by atoms with Gasteiger partial charge in [-0.3, -0.25) is 4.79 Å². The van der Waals surface area contributed by atoms with Crippen molar-refractivity contribution >= 4 is 5.97 Å². The highest BCUT2D eigenvalue weighted by molar-refractivity contribution is 5.75. The summed E-state index contributed by atoms with van der Waals surface area (Å²) >= 11 is 0. The van der Waals surface area contributed by atoms with Crippen molar-refractivity contribution in [2.45, 2.75) is 36.9 Å². The average Bonchev–Trinajstić information content (AvgIpc) is 2.88. The fourth-order valence-electron chi connectivity index (χ4n) is 3.95. The lowest BCUT2D eigenvalue weighted by atomic mass is 9.76. The number of nitrogens with one attached hydrogen (secondary N) is 1. The van der Waals surface area contributed by atoms with Crippen LogP contribution in [-0.2, 0) is 19.0 Å². The van der Waals surface area contributed by atoms with Gasteiger partial charge in [-0.15, -0.1) is 0 Å². The van der Waals surface area contributed by atoms with Gasteiger partial charge in [0, 0.05) is 25.1 Å². The Balaban J connectivity index is 1.91. The Morgan fingerprint density at radius 1 is 1.30 bits per heavy atom. The standard InChI is InChI=1S/C17H22FNO4/c1-21-9-23-14-8-10-7-12(11-5-3-4-6-13(11)18)15(16(14)19-10)17(20)22-2/h3-6,10,12,14-16,19H,7-9H2,1-2H3/t10?,12-,14?,15?,16?/m1/s1. The third-order valence-electron chi connectivity index (χ3n) is 4.88. The molecule has 2 saturated heterocycles. The van der Waals surface area contributed by atoms with Crippen molar-refractivity contribution < 1.29 is 23.4 Å². The van der Waals surface area contributed by atoms with Crippen molar-refractivity contribution in [3.8, 4) is 0 Å². The number of carbonyl (C=O) groups excluding carboxylic acids is 1. The summed E-state index contributed by atoms with van der Waals surface area (Å²) in [6, 6.07) is 6.66. The van der Waals surface area contributed by atoms with Crippen LogP contribution in [0.3, 0.4) is 0 Å². The van der Waals surface area contributed by atoms with E-state index in [-0.39, 0.29) is 42.7 Å². The van der Waals surface area contributed by atoms with Crippen molar-refractivity contribution in [2.24, 2.45) is 5.92 Å². The van der Waals surface area contributed by atoms with Crippen molar-refractivity contribution in [1.82, 2.24) is 5.32 Å². The Bertz CT molecular complexity index is 567. The van der Waals surface area contributed by atoms with Crippen LogP contribution in [0.25, 0.3) is 0 Å². The monoisotopic (exact) mass is 323 g/mol. The number of halogens is 1. The zero-order chi connectivity index (χ0) is 16.4. The molecule has 0 saturated carbocycles. The first-order valence-corrected chi connectivity index (χ1v) is 7.84. The molecule has 2 aliphatic heterocycles. The molecule has 1 aromatic rings. The molecule has 0 aromatic heterocycles. The van der Waals surface area contributed by atoms with Gasteiger partial charge in [0.1, 0.15) is 12.6 Å². The molecule has 0 radical (unpaired) electrons. The minimum Gasteiger partial charge on any atom is -0.469 e. The second-order valence-corrected chi connectivity index (χ2v) is 6.15. The molecule has 3 rings (SSSR count). The summed E-state index contributed by atoms with van der Waals surface area (Å²) in [5.41, 5.74) is 0.576. The fraction of sp³-hybridized carbons (Fsp3) is 0.588. The maximum Gasteiger partial charge on any atom is 0.310 e. The van der Waals surface area contributed by atoms with Crippen LogP contribution in [0.15, 0.2) is 24.3 Å². The molecule has 4 unspecified atom stereocenters. The van der Waals surface area contributed by atoms with Crippen LogP contribution in [0.2, 0.25) is 0 Å². The van der Waals surface area contributed by atoms with E-state index in [9.17, 15) is 9.18 Å². The van der Waals surface area contributed by atoms with Crippen molar-refractivity contribution in [3.63, 3.8) is 0 Å². The topological polar surface area (TPSA) is 56.8 Å². The van der Waals surface area contributed by atoms with Crippen LogP contribution in [0.4, 0.5) is 4.39 Å². The van der Waals surface area contributed by atoms with E-state index in [2.05, 4.69) is 5.32 Å². The quantitative estimate of drug-likeness (QED) is 0.662. The van der Waals surface area contributed by atoms with E-state index < -0.39 is 5.92 Å². The van der Waals surface area contributed by atoms with Gasteiger partial charge in [-0.05, 0) is 24.5 Å². The molecule has 1 aromatic carbocycles. The van der Waals surface area contributed by atoms with E-state index in [1.807, 2.05) is 0 Å². The number of fused-ring (bicyclic) bond motifs is 2. The maximum absolute atomic E-state index is 14.3. The highest BCUT2D eigenvalue weighted by Gasteiger charge is 2.52. The smallest absolute Gasteiger partial charge is 0.310 e. The predicted octanol–water partition coefficient (Wildman–Crippen LogP) is 1.82. The summed E-state index contributed by atoms with van der Waals surface area (Å²) in [6.45, 7) is 0.174. The maximum atomic E-state index is 14.3. The van der Waals surface area contributed by atoms with E-state index in [0.717, 1.165) is 6.42 Å². The minimum atomic E-state index is -0.475. The van der Waals surface area contributed by atoms with Crippen LogP contribution < -0.4 is 5.32 Å². The number of carbonyl (C=O) groups is 1. The van der Waals surface area contributed by atoms with Gasteiger partial charge < -0.3 is 19.5 Å². The summed E-state index contributed by atoms with van der Waals surface area (Å²) in [5, 5.41) is 3.43. The van der Waals surface area contributed by atoms with E-state index in [1.165, 1.54) is 13.2 Å². The Morgan fingerprint density at radius 3 is 2.78 bits per heavy atom. The number of esters is 1. The summed E-state index contributed by atoms with van der Waals surface area (Å²) in [6.07, 6.45) is 1.33. The normalized spacial score (nSPS) is 32.7. The number of rotatable bonds is 5. The number of methoxy groups -OCH3 is 2. The fourth-order valence-corrected chi connectivity index (χ4v) is 3.95. The molecule has 5 nitrogen and oxygen atoms in total. The molecule has 2 aliphatic rings. The molecule has 126 valence electrons. The second kappa shape index (κ2) is 6.95. The predicted molar refractivity (Wildman–Crippen MR) is 81.3 cm³/mol. The molecule has 2 bridgehead atoms. The SMILES string of the molecule is COCOC1CC2C[C@H](c3ccccc3F)C(C(=O)OC)C1N2. The number of ether oxygens (including phenoxy) is 3. The van der Waals surface area contributed by atoms with Crippen molar-refractivity contribution in [3.05, 3.63) is 35.6 Å². The molecular formula is C17H22FNO4. The molecule has 0 spiro atoms. The zero-order valence-corrected chi connectivity index (χ0v) is 13.3. The molecule has 1 N–H and O–H groups in total. The lowest BCUT2D eigenvalue weighted by Crippen LogP contribution is -2.51. The number of hydrogen-bond donors (Lipinski definition) is 1. The largest absolute Gasteiger partial charge is 0.469 e. The van der Waals surface area contributed by atoms with Crippen LogP contribution in [0.1, 0.15) is 24.3 Å². The number of benzene rings is 1. The van der Waals surface area contributed by atoms with Gasteiger partial charge in [-0.2, -0.15) is 0 Å². The first kappa shape index (κ1) is 16.4. The molecule has 23 heavy (non-hydrogen) atoms. The molecule has 0 aliphatic carbocycles. The Kier molecular flexibility index (Phi) is 4.94. The van der Waals surface area contributed by atoms with Gasteiger partial charge in [0.15, 0.2) is 0 Å². The summed E-state index contributed by atoms with van der Waals surface area (Å²) in [7, 11) is 2.93. The van der Waals surface area contributed by atoms with Crippen LogP contribution >= 0.6 is 0 Å². The van der Waals surface area contributed by atoms with Gasteiger partial charge in [0.25, 0.3) is 0 Å². The highest BCUT2D eigenvalue weighted by atomic mass is 19.1. The van der Waals surface area contributed by atoms with E-state index in [4.69, 9.17) is 14.2 Å². The van der Waals surface area contributed by atoms with E-state index >= 15 is 0 Å². The molecule has 0 amide bonds. The summed E-state index contributed by atoms with van der Waals surface area (Å²) in [4.78, 5) is 12.4.